The summed E-state index contributed by atoms with van der Waals surface area (Å²) in [6, 6.07) is 0. The maximum Gasteiger partial charge on any atom is 0.305 e. The Labute approximate surface area is 174 Å². The first-order chi connectivity index (χ1) is 13.3. The Morgan fingerprint density at radius 3 is 1.43 bits per heavy atom. The smallest absolute Gasteiger partial charge is 0.291 e. The monoisotopic (exact) mass is 484 g/mol. The van der Waals surface area contributed by atoms with Crippen molar-refractivity contribution in [2.45, 2.75) is 38.6 Å². The molecule has 4 aliphatic heterocycles. The molecule has 0 amide bonds. The zero-order valence-electron chi connectivity index (χ0n) is 15.4. The molecule has 7 atom stereocenters. The van der Waals surface area contributed by atoms with Crippen molar-refractivity contribution in [3.8, 4) is 0 Å². The van der Waals surface area contributed by atoms with Crippen LogP contribution < -0.4 is 0 Å². The van der Waals surface area contributed by atoms with Crippen LogP contribution in [-0.2, 0) is 74.4 Å². The lowest BCUT2D eigenvalue weighted by molar-refractivity contribution is 0.262. The van der Waals surface area contributed by atoms with Gasteiger partial charge in [-0.1, -0.05) is 6.08 Å². The molecule has 0 aromatic rings. The molecule has 0 radical (unpaired) electrons. The van der Waals surface area contributed by atoms with Crippen LogP contribution in [-0.4, -0.2) is 67.3 Å². The predicted molar refractivity (Wildman–Crippen MR) is 102 cm³/mol. The second kappa shape index (κ2) is 15.0. The van der Waals surface area contributed by atoms with Crippen LogP contribution in [0.5, 0.6) is 0 Å². The highest BCUT2D eigenvalue weighted by atomic mass is 32.2. The molecule has 0 saturated carbocycles. The van der Waals surface area contributed by atoms with Gasteiger partial charge in [-0.2, -0.15) is 12.6 Å². The Morgan fingerprint density at radius 2 is 1.29 bits per heavy atom. The summed E-state index contributed by atoms with van der Waals surface area (Å²) in [6.45, 7) is 9.00. The highest BCUT2D eigenvalue weighted by Crippen LogP contribution is 2.08. The van der Waals surface area contributed by atoms with Gasteiger partial charge in [-0.3, -0.25) is 29.3 Å². The van der Waals surface area contributed by atoms with Gasteiger partial charge in [0.05, 0.1) is 44.4 Å². The van der Waals surface area contributed by atoms with E-state index in [1.54, 1.807) is 6.08 Å². The van der Waals surface area contributed by atoms with Gasteiger partial charge in [0.2, 0.25) is 0 Å². The van der Waals surface area contributed by atoms with Gasteiger partial charge in [0.25, 0.3) is 0 Å². The molecule has 0 bridgehead atoms. The number of hydrogen-bond donors (Lipinski definition) is 0. The second-order valence-corrected chi connectivity index (χ2v) is 9.09. The molecule has 11 nitrogen and oxygen atoms in total. The summed E-state index contributed by atoms with van der Waals surface area (Å²) in [6.07, 6.45) is 2.34. The van der Waals surface area contributed by atoms with E-state index in [2.05, 4.69) is 35.9 Å². The fourth-order valence-corrected chi connectivity index (χ4v) is 4.23. The van der Waals surface area contributed by atoms with Crippen molar-refractivity contribution in [2.75, 3.05) is 32.2 Å². The van der Waals surface area contributed by atoms with Crippen LogP contribution in [0.3, 0.4) is 0 Å². The molecule has 0 aromatic heterocycles. The molecular formula is C13H24O11S4. The fraction of sp³-hybridized carbons (Fsp3) is 0.846. The van der Waals surface area contributed by atoms with Gasteiger partial charge < -0.3 is 0 Å². The minimum atomic E-state index is -1.52. The molecule has 0 aromatic carbocycles. The zero-order valence-corrected chi connectivity index (χ0v) is 18.6. The van der Waals surface area contributed by atoms with E-state index in [0.29, 0.717) is 26.4 Å². The summed E-state index contributed by atoms with van der Waals surface area (Å²) in [5.74, 6) is 0.736. The van der Waals surface area contributed by atoms with Crippen LogP contribution in [0.1, 0.15) is 20.3 Å². The van der Waals surface area contributed by atoms with E-state index in [0.717, 1.165) is 12.2 Å². The Kier molecular flexibility index (Phi) is 13.9. The minimum Gasteiger partial charge on any atom is -0.291 e. The number of rotatable bonds is 1. The van der Waals surface area contributed by atoms with Crippen molar-refractivity contribution in [3.63, 3.8) is 0 Å². The van der Waals surface area contributed by atoms with E-state index in [-0.39, 0.29) is 18.3 Å². The summed E-state index contributed by atoms with van der Waals surface area (Å²) in [5, 5.41) is 0. The molecule has 28 heavy (non-hydrogen) atoms. The van der Waals surface area contributed by atoms with Crippen LogP contribution >= 0.6 is 0 Å². The first-order valence-corrected chi connectivity index (χ1v) is 12.3. The van der Waals surface area contributed by atoms with Crippen molar-refractivity contribution < 1.29 is 46.1 Å². The van der Waals surface area contributed by atoms with E-state index < -0.39 is 45.2 Å². The molecule has 4 rings (SSSR count). The molecule has 15 heteroatoms. The van der Waals surface area contributed by atoms with E-state index in [9.17, 15) is 16.8 Å². The van der Waals surface area contributed by atoms with Gasteiger partial charge in [0.15, 0.2) is 11.1 Å². The molecule has 4 aliphatic rings. The molecule has 0 aliphatic carbocycles. The lowest BCUT2D eigenvalue weighted by Gasteiger charge is -1.91. The second-order valence-electron chi connectivity index (χ2n) is 5.33. The van der Waals surface area contributed by atoms with Gasteiger partial charge in [0, 0.05) is 0 Å². The molecule has 0 spiro atoms. The molecule has 0 N–H and O–H groups in total. The summed E-state index contributed by atoms with van der Waals surface area (Å²) in [4.78, 5) is 0. The van der Waals surface area contributed by atoms with Crippen molar-refractivity contribution in [2.24, 2.45) is 0 Å². The Morgan fingerprint density at radius 1 is 0.786 bits per heavy atom. The maximum absolute atomic E-state index is 10.2. The summed E-state index contributed by atoms with van der Waals surface area (Å²) in [7, 11) is 0. The molecule has 4 heterocycles. The van der Waals surface area contributed by atoms with Crippen LogP contribution in [0, 0.1) is 0 Å². The van der Waals surface area contributed by atoms with E-state index >= 15 is 0 Å². The van der Waals surface area contributed by atoms with Crippen molar-refractivity contribution in [1.82, 2.24) is 0 Å². The first-order valence-electron chi connectivity index (χ1n) is 8.10. The quantitative estimate of drug-likeness (QED) is 0.474. The average Bonchev–Trinajstić information content (AvgIpc) is 3.43. The van der Waals surface area contributed by atoms with Gasteiger partial charge in [-0.05, 0) is 20.3 Å². The number of hydrogen-bond acceptors (Lipinski definition) is 11. The van der Waals surface area contributed by atoms with Crippen LogP contribution in [0.4, 0.5) is 0 Å². The normalized spacial score (nSPS) is 39.0. The Bertz CT molecular complexity index is 541. The van der Waals surface area contributed by atoms with E-state index in [4.69, 9.17) is 0 Å². The van der Waals surface area contributed by atoms with Gasteiger partial charge in [-0.15, -0.1) is 6.58 Å². The third-order valence-electron chi connectivity index (χ3n) is 2.75. The van der Waals surface area contributed by atoms with Crippen molar-refractivity contribution in [3.05, 3.63) is 12.7 Å². The Balaban J connectivity index is 0.000000188. The van der Waals surface area contributed by atoms with Crippen molar-refractivity contribution in [1.29, 1.82) is 0 Å². The SMILES string of the molecule is C=CC1COS(=O)O1.CC1COS(=O)O1.CC1COS(=O)O1.O=S1CCCO1. The third-order valence-corrected chi connectivity index (χ3v) is 6.16. The molecule has 7 unspecified atom stereocenters. The highest BCUT2D eigenvalue weighted by Gasteiger charge is 2.19. The van der Waals surface area contributed by atoms with E-state index in [1.165, 1.54) is 0 Å². The lowest BCUT2D eigenvalue weighted by atomic mass is 10.4. The summed E-state index contributed by atoms with van der Waals surface area (Å²) in [5.41, 5.74) is 0. The summed E-state index contributed by atoms with van der Waals surface area (Å²) < 4.78 is 72.7. The predicted octanol–water partition coefficient (Wildman–Crippen LogP) is 0.238. The average molecular weight is 485 g/mol. The topological polar surface area (TPSA) is 133 Å². The van der Waals surface area contributed by atoms with Crippen molar-refractivity contribution >= 4 is 45.2 Å². The van der Waals surface area contributed by atoms with Crippen LogP contribution in [0.2, 0.25) is 0 Å². The van der Waals surface area contributed by atoms with Gasteiger partial charge in [0.1, 0.15) is 6.10 Å². The minimum absolute atomic E-state index is 0.000772. The molecular weight excluding hydrogens is 460 g/mol. The first kappa shape index (κ1) is 26.1. The third kappa shape index (κ3) is 12.6. The fourth-order valence-electron chi connectivity index (χ4n) is 1.46. The van der Waals surface area contributed by atoms with Crippen LogP contribution in [0.25, 0.3) is 0 Å². The molecule has 4 fully saturated rings. The van der Waals surface area contributed by atoms with Crippen LogP contribution in [0.15, 0.2) is 12.7 Å². The Hall–Kier alpha value is 0.0600. The molecule has 4 saturated heterocycles. The standard InChI is InChI=1S/C4H6O3S.2C3H6O3S.C3H6O2S/c1-2-4-3-6-8(5)7-4;2*1-3-2-5-7(4)6-3;4-6-3-1-2-5-6/h2,4H,1,3H2;2*3H,2H2,1H3;1-3H2. The largest absolute Gasteiger partial charge is 0.305 e. The highest BCUT2D eigenvalue weighted by molar-refractivity contribution is 7.80. The van der Waals surface area contributed by atoms with E-state index in [1.807, 2.05) is 13.8 Å². The lowest BCUT2D eigenvalue weighted by Crippen LogP contribution is -2.02. The maximum atomic E-state index is 10.2. The molecule has 166 valence electrons. The zero-order chi connectivity index (χ0) is 20.9. The summed E-state index contributed by atoms with van der Waals surface area (Å²) >= 11 is -5.35. The van der Waals surface area contributed by atoms with Gasteiger partial charge >= 0.3 is 34.1 Å². The van der Waals surface area contributed by atoms with Gasteiger partial charge in [-0.25, -0.2) is 4.21 Å².